The maximum atomic E-state index is 4.25. The first kappa shape index (κ1) is 12.2. The van der Waals surface area contributed by atoms with E-state index in [1.54, 1.807) is 6.33 Å². The van der Waals surface area contributed by atoms with Gasteiger partial charge in [0.25, 0.3) is 0 Å². The van der Waals surface area contributed by atoms with Gasteiger partial charge in [-0.2, -0.15) is 0 Å². The molecule has 0 saturated heterocycles. The molecule has 1 heterocycles. The van der Waals surface area contributed by atoms with E-state index in [-0.39, 0.29) is 0 Å². The van der Waals surface area contributed by atoms with Gasteiger partial charge >= 0.3 is 0 Å². The summed E-state index contributed by atoms with van der Waals surface area (Å²) >= 11 is 5.79. The molecule has 0 saturated carbocycles. The second-order valence-corrected chi connectivity index (χ2v) is 5.91. The highest BCUT2D eigenvalue weighted by Gasteiger charge is 2.07. The van der Waals surface area contributed by atoms with E-state index in [4.69, 9.17) is 0 Å². The summed E-state index contributed by atoms with van der Waals surface area (Å²) in [6.45, 7) is 3.15. The van der Waals surface area contributed by atoms with Gasteiger partial charge in [-0.05, 0) is 29.0 Å². The maximum absolute atomic E-state index is 4.25. The molecule has 0 aliphatic rings. The van der Waals surface area contributed by atoms with Crippen molar-refractivity contribution in [2.45, 2.75) is 18.2 Å². The van der Waals surface area contributed by atoms with Gasteiger partial charge in [-0.25, -0.2) is 9.97 Å². The number of halogens is 2. The highest BCUT2D eigenvalue weighted by molar-refractivity contribution is 14.1. The Morgan fingerprint density at radius 2 is 2.36 bits per heavy atom. The predicted molar refractivity (Wildman–Crippen MR) is 71.0 cm³/mol. The third-order valence-corrected chi connectivity index (χ3v) is 3.09. The van der Waals surface area contributed by atoms with Gasteiger partial charge < -0.3 is 4.90 Å². The standard InChI is InChI=1S/C9H13BrIN3/c1-7(10)3-4-14(2)9-8(11)5-12-6-13-9/h5-7H,3-4H2,1-2H3. The van der Waals surface area contributed by atoms with Crippen LogP contribution in [0.3, 0.4) is 0 Å². The van der Waals surface area contributed by atoms with E-state index in [1.807, 2.05) is 6.20 Å². The summed E-state index contributed by atoms with van der Waals surface area (Å²) in [4.78, 5) is 10.9. The molecule has 0 fully saturated rings. The van der Waals surface area contributed by atoms with Gasteiger partial charge in [0.15, 0.2) is 0 Å². The molecule has 1 rings (SSSR count). The fraction of sp³-hybridized carbons (Fsp3) is 0.556. The van der Waals surface area contributed by atoms with Gasteiger partial charge in [0, 0.05) is 24.6 Å². The Balaban J connectivity index is 2.60. The molecule has 0 aromatic carbocycles. The van der Waals surface area contributed by atoms with E-state index in [1.165, 1.54) is 0 Å². The molecule has 3 nitrogen and oxygen atoms in total. The molecule has 1 atom stereocenters. The minimum Gasteiger partial charge on any atom is -0.359 e. The third kappa shape index (κ3) is 3.68. The zero-order chi connectivity index (χ0) is 10.6. The molecule has 1 unspecified atom stereocenters. The molecule has 1 aromatic heterocycles. The lowest BCUT2D eigenvalue weighted by Gasteiger charge is -2.19. The van der Waals surface area contributed by atoms with Crippen LogP contribution in [0.2, 0.25) is 0 Å². The molecule has 14 heavy (non-hydrogen) atoms. The average Bonchev–Trinajstić information content (AvgIpc) is 2.15. The molecule has 78 valence electrons. The molecule has 5 heteroatoms. The molecule has 1 aromatic rings. The summed E-state index contributed by atoms with van der Waals surface area (Å²) in [5.74, 6) is 1.01. The number of alkyl halides is 1. The Morgan fingerprint density at radius 3 is 2.93 bits per heavy atom. The minimum atomic E-state index is 0.546. The Hall–Kier alpha value is 0.0900. The van der Waals surface area contributed by atoms with Crippen LogP contribution in [0.1, 0.15) is 13.3 Å². The first-order valence-corrected chi connectivity index (χ1v) is 6.41. The largest absolute Gasteiger partial charge is 0.359 e. The van der Waals surface area contributed by atoms with E-state index in [9.17, 15) is 0 Å². The van der Waals surface area contributed by atoms with Crippen LogP contribution >= 0.6 is 38.5 Å². The summed E-state index contributed by atoms with van der Waals surface area (Å²) in [7, 11) is 2.06. The third-order valence-electron chi connectivity index (χ3n) is 1.87. The number of hydrogen-bond donors (Lipinski definition) is 0. The molecule has 0 spiro atoms. The topological polar surface area (TPSA) is 29.0 Å². The SMILES string of the molecule is CC(Br)CCN(C)c1ncncc1I. The molecular formula is C9H13BrIN3. The van der Waals surface area contributed by atoms with Crippen LogP contribution in [0.25, 0.3) is 0 Å². The summed E-state index contributed by atoms with van der Waals surface area (Å²) in [5.41, 5.74) is 0. The Labute approximate surface area is 107 Å². The molecular weight excluding hydrogens is 357 g/mol. The normalized spacial score (nSPS) is 12.6. The van der Waals surface area contributed by atoms with Gasteiger partial charge in [-0.1, -0.05) is 22.9 Å². The lowest BCUT2D eigenvalue weighted by molar-refractivity contribution is 0.775. The summed E-state index contributed by atoms with van der Waals surface area (Å²) in [5, 5.41) is 0. The number of nitrogens with zero attached hydrogens (tertiary/aromatic N) is 3. The lowest BCUT2D eigenvalue weighted by Crippen LogP contribution is -2.22. The number of hydrogen-bond acceptors (Lipinski definition) is 3. The van der Waals surface area contributed by atoms with Crippen LogP contribution in [-0.4, -0.2) is 28.4 Å². The predicted octanol–water partition coefficient (Wildman–Crippen LogP) is 2.69. The van der Waals surface area contributed by atoms with Crippen LogP contribution in [0.4, 0.5) is 5.82 Å². The number of rotatable bonds is 4. The van der Waals surface area contributed by atoms with Crippen molar-refractivity contribution in [3.05, 3.63) is 16.1 Å². The van der Waals surface area contributed by atoms with Gasteiger partial charge in [-0.15, -0.1) is 0 Å². The molecule has 0 amide bonds. The van der Waals surface area contributed by atoms with E-state index in [2.05, 4.69) is 67.4 Å². The minimum absolute atomic E-state index is 0.546. The zero-order valence-corrected chi connectivity index (χ0v) is 12.0. The summed E-state index contributed by atoms with van der Waals surface area (Å²) in [6.07, 6.45) is 4.53. The van der Waals surface area contributed by atoms with Gasteiger partial charge in [0.1, 0.15) is 12.1 Å². The second kappa shape index (κ2) is 5.85. The van der Waals surface area contributed by atoms with Crippen molar-refractivity contribution in [1.82, 2.24) is 9.97 Å². The van der Waals surface area contributed by atoms with Crippen molar-refractivity contribution in [3.8, 4) is 0 Å². The first-order chi connectivity index (χ1) is 6.61. The first-order valence-electron chi connectivity index (χ1n) is 4.42. The summed E-state index contributed by atoms with van der Waals surface area (Å²) < 4.78 is 1.09. The van der Waals surface area contributed by atoms with Crippen LogP contribution in [-0.2, 0) is 0 Å². The van der Waals surface area contributed by atoms with Crippen molar-refractivity contribution in [1.29, 1.82) is 0 Å². The van der Waals surface area contributed by atoms with E-state index in [0.717, 1.165) is 22.4 Å². The van der Waals surface area contributed by atoms with Crippen LogP contribution < -0.4 is 4.90 Å². The zero-order valence-electron chi connectivity index (χ0n) is 8.24. The van der Waals surface area contributed by atoms with E-state index in [0.29, 0.717) is 4.83 Å². The van der Waals surface area contributed by atoms with E-state index >= 15 is 0 Å². The molecule has 0 aliphatic heterocycles. The highest BCUT2D eigenvalue weighted by Crippen LogP contribution is 2.17. The summed E-state index contributed by atoms with van der Waals surface area (Å²) in [6, 6.07) is 0. The Kier molecular flexibility index (Phi) is 5.08. The Bertz CT molecular complexity index is 293. The number of anilines is 1. The molecule has 0 bridgehead atoms. The maximum Gasteiger partial charge on any atom is 0.145 e. The molecule has 0 aliphatic carbocycles. The number of aromatic nitrogens is 2. The average molecular weight is 370 g/mol. The van der Waals surface area contributed by atoms with Crippen molar-refractivity contribution in [2.24, 2.45) is 0 Å². The Morgan fingerprint density at radius 1 is 1.64 bits per heavy atom. The quantitative estimate of drug-likeness (QED) is 0.603. The van der Waals surface area contributed by atoms with Crippen molar-refractivity contribution >= 4 is 44.3 Å². The van der Waals surface area contributed by atoms with Crippen molar-refractivity contribution < 1.29 is 0 Å². The monoisotopic (exact) mass is 369 g/mol. The van der Waals surface area contributed by atoms with Crippen molar-refractivity contribution in [2.75, 3.05) is 18.5 Å². The van der Waals surface area contributed by atoms with Crippen molar-refractivity contribution in [3.63, 3.8) is 0 Å². The molecule has 0 N–H and O–H groups in total. The smallest absolute Gasteiger partial charge is 0.145 e. The van der Waals surface area contributed by atoms with Crippen LogP contribution in [0.15, 0.2) is 12.5 Å². The fourth-order valence-corrected chi connectivity index (χ4v) is 1.98. The lowest BCUT2D eigenvalue weighted by atomic mass is 10.3. The van der Waals surface area contributed by atoms with E-state index < -0.39 is 0 Å². The molecule has 0 radical (unpaired) electrons. The van der Waals surface area contributed by atoms with Gasteiger partial charge in [0.2, 0.25) is 0 Å². The fourth-order valence-electron chi connectivity index (χ4n) is 1.06. The van der Waals surface area contributed by atoms with Gasteiger partial charge in [-0.3, -0.25) is 0 Å². The van der Waals surface area contributed by atoms with Crippen LogP contribution in [0, 0.1) is 3.57 Å². The van der Waals surface area contributed by atoms with Crippen LogP contribution in [0.5, 0.6) is 0 Å². The van der Waals surface area contributed by atoms with Gasteiger partial charge in [0.05, 0.1) is 3.57 Å². The second-order valence-electron chi connectivity index (χ2n) is 3.19. The highest BCUT2D eigenvalue weighted by atomic mass is 127.